The number of aromatic hydroxyl groups is 1. The minimum Gasteiger partial charge on any atom is -0.508 e. The summed E-state index contributed by atoms with van der Waals surface area (Å²) in [6, 6.07) is 4.01. The van der Waals surface area contributed by atoms with Crippen molar-refractivity contribution in [1.29, 1.82) is 0 Å². The van der Waals surface area contributed by atoms with Crippen LogP contribution in [0.1, 0.15) is 55.7 Å². The third-order valence-corrected chi connectivity index (χ3v) is 3.57. The van der Waals surface area contributed by atoms with Gasteiger partial charge in [0.1, 0.15) is 5.75 Å². The van der Waals surface area contributed by atoms with Gasteiger partial charge >= 0.3 is 0 Å². The summed E-state index contributed by atoms with van der Waals surface area (Å²) >= 11 is 0. The zero-order valence-electron chi connectivity index (χ0n) is 11.5. The summed E-state index contributed by atoms with van der Waals surface area (Å²) in [5.41, 5.74) is 9.69. The second-order valence-electron chi connectivity index (χ2n) is 5.14. The third-order valence-electron chi connectivity index (χ3n) is 3.57. The molecular weight excluding hydrogens is 210 g/mol. The molecule has 3 N–H and O–H groups in total. The van der Waals surface area contributed by atoms with Crippen LogP contribution in [-0.2, 0) is 0 Å². The SMILES string of the molecule is CCC(N)CCC(C)c1c(C)cc(O)cc1C. The molecule has 0 aliphatic rings. The number of hydrogen-bond acceptors (Lipinski definition) is 2. The lowest BCUT2D eigenvalue weighted by molar-refractivity contribution is 0.473. The standard InChI is InChI=1S/C15H25NO/c1-5-13(16)7-6-10(2)15-11(3)8-14(17)9-12(15)4/h8-10,13,17H,5-7,16H2,1-4H3. The highest BCUT2D eigenvalue weighted by atomic mass is 16.3. The molecule has 0 aliphatic carbocycles. The Morgan fingerprint density at radius 1 is 1.18 bits per heavy atom. The number of aryl methyl sites for hydroxylation is 2. The molecule has 0 fully saturated rings. The minimum absolute atomic E-state index is 0.315. The van der Waals surface area contributed by atoms with Crippen LogP contribution in [0.4, 0.5) is 0 Å². The van der Waals surface area contributed by atoms with E-state index in [1.807, 2.05) is 12.1 Å². The van der Waals surface area contributed by atoms with Crippen molar-refractivity contribution < 1.29 is 5.11 Å². The molecule has 2 atom stereocenters. The molecule has 2 nitrogen and oxygen atoms in total. The van der Waals surface area contributed by atoms with Gasteiger partial charge in [-0.15, -0.1) is 0 Å². The molecule has 0 amide bonds. The van der Waals surface area contributed by atoms with E-state index in [9.17, 15) is 5.11 Å². The summed E-state index contributed by atoms with van der Waals surface area (Å²) in [5, 5.41) is 9.54. The van der Waals surface area contributed by atoms with Gasteiger partial charge in [0.15, 0.2) is 0 Å². The van der Waals surface area contributed by atoms with E-state index < -0.39 is 0 Å². The van der Waals surface area contributed by atoms with E-state index >= 15 is 0 Å². The monoisotopic (exact) mass is 235 g/mol. The highest BCUT2D eigenvalue weighted by Crippen LogP contribution is 2.30. The van der Waals surface area contributed by atoms with Crippen molar-refractivity contribution in [1.82, 2.24) is 0 Å². The van der Waals surface area contributed by atoms with Crippen molar-refractivity contribution in [2.75, 3.05) is 0 Å². The second kappa shape index (κ2) is 6.06. The van der Waals surface area contributed by atoms with Gasteiger partial charge in [0, 0.05) is 6.04 Å². The van der Waals surface area contributed by atoms with Gasteiger partial charge in [0.05, 0.1) is 0 Å². The minimum atomic E-state index is 0.315. The molecule has 0 aliphatic heterocycles. The average Bonchev–Trinajstić information content (AvgIpc) is 2.24. The Kier molecular flexibility index (Phi) is 5.01. The Balaban J connectivity index is 2.78. The van der Waals surface area contributed by atoms with Crippen molar-refractivity contribution in [2.45, 2.75) is 58.9 Å². The van der Waals surface area contributed by atoms with Crippen molar-refractivity contribution in [3.8, 4) is 5.75 Å². The number of phenols is 1. The first-order valence-electron chi connectivity index (χ1n) is 6.51. The zero-order valence-corrected chi connectivity index (χ0v) is 11.5. The van der Waals surface area contributed by atoms with Crippen molar-refractivity contribution >= 4 is 0 Å². The van der Waals surface area contributed by atoms with Crippen LogP contribution in [0.2, 0.25) is 0 Å². The van der Waals surface area contributed by atoms with Crippen LogP contribution in [0.25, 0.3) is 0 Å². The molecule has 1 aromatic carbocycles. The van der Waals surface area contributed by atoms with Gasteiger partial charge in [-0.2, -0.15) is 0 Å². The van der Waals surface area contributed by atoms with Gasteiger partial charge < -0.3 is 10.8 Å². The van der Waals surface area contributed by atoms with Crippen molar-refractivity contribution in [2.24, 2.45) is 5.73 Å². The molecule has 1 rings (SSSR count). The Morgan fingerprint density at radius 3 is 2.18 bits per heavy atom. The molecule has 0 spiro atoms. The lowest BCUT2D eigenvalue weighted by Gasteiger charge is -2.19. The predicted molar refractivity (Wildman–Crippen MR) is 73.5 cm³/mol. The van der Waals surface area contributed by atoms with Gasteiger partial charge in [-0.3, -0.25) is 0 Å². The fourth-order valence-corrected chi connectivity index (χ4v) is 2.54. The molecule has 0 radical (unpaired) electrons. The maximum absolute atomic E-state index is 9.54. The van der Waals surface area contributed by atoms with Crippen LogP contribution in [0.15, 0.2) is 12.1 Å². The maximum atomic E-state index is 9.54. The summed E-state index contributed by atoms with van der Waals surface area (Å²) in [6.45, 7) is 8.51. The molecule has 2 heteroatoms. The van der Waals surface area contributed by atoms with E-state index in [1.54, 1.807) is 0 Å². The van der Waals surface area contributed by atoms with Crippen LogP contribution < -0.4 is 5.73 Å². The second-order valence-corrected chi connectivity index (χ2v) is 5.14. The van der Waals surface area contributed by atoms with Crippen LogP contribution >= 0.6 is 0 Å². The third kappa shape index (κ3) is 3.74. The molecule has 0 saturated heterocycles. The summed E-state index contributed by atoms with van der Waals surface area (Å²) in [5.74, 6) is 0.870. The quantitative estimate of drug-likeness (QED) is 0.818. The zero-order chi connectivity index (χ0) is 13.0. The molecule has 17 heavy (non-hydrogen) atoms. The highest BCUT2D eigenvalue weighted by molar-refractivity contribution is 5.42. The predicted octanol–water partition coefficient (Wildman–Crippen LogP) is 3.63. The van der Waals surface area contributed by atoms with Gasteiger partial charge in [0.25, 0.3) is 0 Å². The van der Waals surface area contributed by atoms with E-state index in [2.05, 4.69) is 27.7 Å². The van der Waals surface area contributed by atoms with Crippen LogP contribution in [0.5, 0.6) is 5.75 Å². The lowest BCUT2D eigenvalue weighted by Crippen LogP contribution is -2.19. The summed E-state index contributed by atoms with van der Waals surface area (Å²) < 4.78 is 0. The Bertz CT molecular complexity index is 350. The normalized spacial score (nSPS) is 14.6. The molecule has 0 heterocycles. The Morgan fingerprint density at radius 2 is 1.71 bits per heavy atom. The van der Waals surface area contributed by atoms with Crippen LogP contribution in [-0.4, -0.2) is 11.1 Å². The molecule has 2 unspecified atom stereocenters. The molecule has 96 valence electrons. The van der Waals surface area contributed by atoms with Gasteiger partial charge in [-0.1, -0.05) is 13.8 Å². The fraction of sp³-hybridized carbons (Fsp3) is 0.600. The Labute approximate surface area is 105 Å². The van der Waals surface area contributed by atoms with Crippen LogP contribution in [0.3, 0.4) is 0 Å². The highest BCUT2D eigenvalue weighted by Gasteiger charge is 2.13. The smallest absolute Gasteiger partial charge is 0.116 e. The van der Waals surface area contributed by atoms with Crippen molar-refractivity contribution in [3.63, 3.8) is 0 Å². The topological polar surface area (TPSA) is 46.2 Å². The van der Waals surface area contributed by atoms with E-state index in [-0.39, 0.29) is 0 Å². The average molecular weight is 235 g/mol. The lowest BCUT2D eigenvalue weighted by atomic mass is 9.87. The first kappa shape index (κ1) is 14.0. The van der Waals surface area contributed by atoms with E-state index in [4.69, 9.17) is 5.73 Å². The molecule has 0 bridgehead atoms. The maximum Gasteiger partial charge on any atom is 0.116 e. The number of phenolic OH excluding ortho intramolecular Hbond substituents is 1. The van der Waals surface area contributed by atoms with Gasteiger partial charge in [-0.25, -0.2) is 0 Å². The van der Waals surface area contributed by atoms with Gasteiger partial charge in [0.2, 0.25) is 0 Å². The van der Waals surface area contributed by atoms with Crippen LogP contribution in [0, 0.1) is 13.8 Å². The number of rotatable bonds is 5. The van der Waals surface area contributed by atoms with Crippen molar-refractivity contribution in [3.05, 3.63) is 28.8 Å². The van der Waals surface area contributed by atoms with E-state index in [0.29, 0.717) is 17.7 Å². The summed E-state index contributed by atoms with van der Waals surface area (Å²) in [7, 11) is 0. The Hall–Kier alpha value is -1.02. The number of hydrogen-bond donors (Lipinski definition) is 2. The molecule has 1 aromatic rings. The first-order valence-corrected chi connectivity index (χ1v) is 6.51. The van der Waals surface area contributed by atoms with E-state index in [0.717, 1.165) is 19.3 Å². The summed E-state index contributed by atoms with van der Waals surface area (Å²) in [4.78, 5) is 0. The molecule has 0 saturated carbocycles. The fourth-order valence-electron chi connectivity index (χ4n) is 2.54. The summed E-state index contributed by atoms with van der Waals surface area (Å²) in [6.07, 6.45) is 3.22. The number of nitrogens with two attached hydrogens (primary N) is 1. The largest absolute Gasteiger partial charge is 0.508 e. The first-order chi connectivity index (χ1) is 7.95. The van der Waals surface area contributed by atoms with E-state index in [1.165, 1.54) is 16.7 Å². The molecular formula is C15H25NO. The number of benzene rings is 1. The molecule has 0 aromatic heterocycles. The van der Waals surface area contributed by atoms with Gasteiger partial charge in [-0.05, 0) is 67.9 Å².